The van der Waals surface area contributed by atoms with Gasteiger partial charge in [-0.1, -0.05) is 43.0 Å². The first kappa shape index (κ1) is 20.7. The van der Waals surface area contributed by atoms with Crippen LogP contribution in [0.3, 0.4) is 0 Å². The molecule has 0 radical (unpaired) electrons. The molecule has 4 nitrogen and oxygen atoms in total. The number of anilines is 1. The van der Waals surface area contributed by atoms with Gasteiger partial charge in [-0.25, -0.2) is 0 Å². The van der Waals surface area contributed by atoms with E-state index in [2.05, 4.69) is 10.6 Å². The maximum Gasteiger partial charge on any atom is 0.253 e. The van der Waals surface area contributed by atoms with Crippen LogP contribution in [-0.2, 0) is 4.79 Å². The van der Waals surface area contributed by atoms with E-state index in [0.717, 1.165) is 30.6 Å². The quantitative estimate of drug-likeness (QED) is 0.584. The van der Waals surface area contributed by atoms with E-state index in [4.69, 9.17) is 11.6 Å². The number of para-hydroxylation sites is 1. The minimum Gasteiger partial charge on any atom is -0.349 e. The zero-order valence-electron chi connectivity index (χ0n) is 15.7. The summed E-state index contributed by atoms with van der Waals surface area (Å²) in [5.74, 6) is 0.446. The van der Waals surface area contributed by atoms with Crippen molar-refractivity contribution >= 4 is 40.9 Å². The average Bonchev–Trinajstić information content (AvgIpc) is 2.70. The van der Waals surface area contributed by atoms with E-state index in [1.807, 2.05) is 36.4 Å². The molecule has 2 aromatic carbocycles. The summed E-state index contributed by atoms with van der Waals surface area (Å²) in [5, 5.41) is 6.70. The third kappa shape index (κ3) is 6.28. The van der Waals surface area contributed by atoms with E-state index in [9.17, 15) is 9.59 Å². The van der Waals surface area contributed by atoms with Crippen LogP contribution in [-0.4, -0.2) is 23.6 Å². The van der Waals surface area contributed by atoms with E-state index in [1.165, 1.54) is 6.42 Å². The zero-order valence-corrected chi connectivity index (χ0v) is 17.3. The Labute approximate surface area is 175 Å². The first-order valence-electron chi connectivity index (χ1n) is 9.70. The van der Waals surface area contributed by atoms with Gasteiger partial charge in [0.2, 0.25) is 5.91 Å². The Morgan fingerprint density at radius 2 is 1.71 bits per heavy atom. The Kier molecular flexibility index (Phi) is 7.80. The smallest absolute Gasteiger partial charge is 0.253 e. The van der Waals surface area contributed by atoms with Crippen molar-refractivity contribution in [2.45, 2.75) is 49.5 Å². The number of hydrogen-bond donors (Lipinski definition) is 2. The Morgan fingerprint density at radius 3 is 2.46 bits per heavy atom. The maximum atomic E-state index is 12.7. The number of halogens is 1. The van der Waals surface area contributed by atoms with Gasteiger partial charge in [0.1, 0.15) is 0 Å². The van der Waals surface area contributed by atoms with Crippen LogP contribution in [0.2, 0.25) is 5.02 Å². The molecule has 1 aliphatic rings. The maximum absolute atomic E-state index is 12.7. The van der Waals surface area contributed by atoms with E-state index in [1.54, 1.807) is 23.9 Å². The molecule has 0 aromatic heterocycles. The van der Waals surface area contributed by atoms with Gasteiger partial charge in [-0.2, -0.15) is 0 Å². The lowest BCUT2D eigenvalue weighted by molar-refractivity contribution is -0.115. The zero-order chi connectivity index (χ0) is 19.8. The highest BCUT2D eigenvalue weighted by atomic mass is 35.5. The molecule has 0 spiro atoms. The highest BCUT2D eigenvalue weighted by molar-refractivity contribution is 7.99. The number of hydrogen-bond acceptors (Lipinski definition) is 3. The Bertz CT molecular complexity index is 804. The molecular weight excluding hydrogens is 392 g/mol. The Balaban J connectivity index is 1.52. The number of nitrogens with one attached hydrogen (secondary N) is 2. The van der Waals surface area contributed by atoms with Crippen molar-refractivity contribution in [1.29, 1.82) is 0 Å². The summed E-state index contributed by atoms with van der Waals surface area (Å²) >= 11 is 7.49. The summed E-state index contributed by atoms with van der Waals surface area (Å²) in [5.41, 5.74) is 1.09. The fraction of sp³-hybridized carbons (Fsp3) is 0.364. The molecule has 1 fully saturated rings. The number of rotatable bonds is 7. The van der Waals surface area contributed by atoms with Gasteiger partial charge < -0.3 is 10.6 Å². The average molecular weight is 417 g/mol. The Hall–Kier alpha value is -1.98. The molecule has 1 aliphatic carbocycles. The van der Waals surface area contributed by atoms with E-state index >= 15 is 0 Å². The minimum absolute atomic E-state index is 0.0978. The van der Waals surface area contributed by atoms with Crippen molar-refractivity contribution in [2.75, 3.05) is 11.1 Å². The molecular formula is C22H25ClN2O2S. The van der Waals surface area contributed by atoms with Crippen LogP contribution in [0.4, 0.5) is 5.69 Å². The Morgan fingerprint density at radius 1 is 1.00 bits per heavy atom. The van der Waals surface area contributed by atoms with E-state index in [-0.39, 0.29) is 17.9 Å². The molecule has 148 valence electrons. The van der Waals surface area contributed by atoms with Crippen molar-refractivity contribution in [3.63, 3.8) is 0 Å². The molecule has 3 rings (SSSR count). The summed E-state index contributed by atoms with van der Waals surface area (Å²) < 4.78 is 0. The second-order valence-electron chi connectivity index (χ2n) is 6.95. The molecule has 2 aromatic rings. The lowest BCUT2D eigenvalue weighted by Crippen LogP contribution is -2.36. The predicted octanol–water partition coefficient (Wildman–Crippen LogP) is 5.52. The molecule has 0 unspecified atom stereocenters. The molecule has 28 heavy (non-hydrogen) atoms. The number of thioether (sulfide) groups is 1. The van der Waals surface area contributed by atoms with Gasteiger partial charge in [-0.05, 0) is 49.2 Å². The fourth-order valence-corrected chi connectivity index (χ4v) is 4.28. The van der Waals surface area contributed by atoms with E-state index in [0.29, 0.717) is 28.4 Å². The van der Waals surface area contributed by atoms with Crippen LogP contribution >= 0.6 is 23.4 Å². The van der Waals surface area contributed by atoms with Crippen LogP contribution in [0.25, 0.3) is 0 Å². The molecule has 0 heterocycles. The van der Waals surface area contributed by atoms with Crippen molar-refractivity contribution in [1.82, 2.24) is 5.32 Å². The molecule has 6 heteroatoms. The summed E-state index contributed by atoms with van der Waals surface area (Å²) in [6.45, 7) is 0. The molecule has 2 N–H and O–H groups in total. The van der Waals surface area contributed by atoms with Gasteiger partial charge in [0, 0.05) is 28.1 Å². The molecule has 2 amide bonds. The predicted molar refractivity (Wildman–Crippen MR) is 116 cm³/mol. The van der Waals surface area contributed by atoms with Crippen LogP contribution in [0.5, 0.6) is 0 Å². The third-order valence-corrected chi connectivity index (χ3v) is 6.06. The minimum atomic E-state index is -0.113. The number of carbonyl (C=O) groups excluding carboxylic acids is 2. The summed E-state index contributed by atoms with van der Waals surface area (Å²) in [6, 6.07) is 15.0. The third-order valence-electron chi connectivity index (χ3n) is 4.80. The van der Waals surface area contributed by atoms with Gasteiger partial charge >= 0.3 is 0 Å². The number of amides is 2. The second-order valence-corrected chi connectivity index (χ2v) is 8.56. The van der Waals surface area contributed by atoms with Crippen molar-refractivity contribution in [3.8, 4) is 0 Å². The largest absolute Gasteiger partial charge is 0.349 e. The first-order valence-corrected chi connectivity index (χ1v) is 11.1. The first-order chi connectivity index (χ1) is 13.6. The number of benzene rings is 2. The molecule has 0 atom stereocenters. The van der Waals surface area contributed by atoms with Gasteiger partial charge in [0.25, 0.3) is 5.91 Å². The van der Waals surface area contributed by atoms with Crippen LogP contribution in [0, 0.1) is 0 Å². The normalized spacial score (nSPS) is 14.5. The lowest BCUT2D eigenvalue weighted by Gasteiger charge is -2.23. The van der Waals surface area contributed by atoms with Crippen molar-refractivity contribution < 1.29 is 9.59 Å². The highest BCUT2D eigenvalue weighted by Gasteiger charge is 2.19. The summed E-state index contributed by atoms with van der Waals surface area (Å²) in [6.07, 6.45) is 5.99. The lowest BCUT2D eigenvalue weighted by atomic mass is 9.95. The monoisotopic (exact) mass is 416 g/mol. The van der Waals surface area contributed by atoms with Gasteiger partial charge in [0.15, 0.2) is 0 Å². The van der Waals surface area contributed by atoms with Crippen LogP contribution < -0.4 is 10.6 Å². The fourth-order valence-electron chi connectivity index (χ4n) is 3.31. The highest BCUT2D eigenvalue weighted by Crippen LogP contribution is 2.22. The molecule has 0 aliphatic heterocycles. The summed E-state index contributed by atoms with van der Waals surface area (Å²) in [7, 11) is 0. The topological polar surface area (TPSA) is 58.2 Å². The number of carbonyl (C=O) groups is 2. The molecule has 1 saturated carbocycles. The summed E-state index contributed by atoms with van der Waals surface area (Å²) in [4.78, 5) is 26.1. The van der Waals surface area contributed by atoms with Gasteiger partial charge in [-0.15, -0.1) is 11.8 Å². The second kappa shape index (κ2) is 10.5. The van der Waals surface area contributed by atoms with Crippen molar-refractivity contribution in [3.05, 3.63) is 59.1 Å². The van der Waals surface area contributed by atoms with Crippen molar-refractivity contribution in [2.24, 2.45) is 0 Å². The van der Waals surface area contributed by atoms with Crippen LogP contribution in [0.1, 0.15) is 48.9 Å². The standard InChI is InChI=1S/C22H25ClN2O2S/c23-16-10-12-18(13-11-16)28-15-14-21(26)25-20-9-5-4-8-19(20)22(27)24-17-6-2-1-3-7-17/h4-5,8-13,17H,1-3,6-7,14-15H2,(H,24,27)(H,25,26). The van der Waals surface area contributed by atoms with Gasteiger partial charge in [-0.3, -0.25) is 9.59 Å². The SMILES string of the molecule is O=C(CCSc1ccc(Cl)cc1)Nc1ccccc1C(=O)NC1CCCCC1. The molecule has 0 saturated heterocycles. The van der Waals surface area contributed by atoms with Gasteiger partial charge in [0.05, 0.1) is 11.3 Å². The van der Waals surface area contributed by atoms with Crippen LogP contribution in [0.15, 0.2) is 53.4 Å². The van der Waals surface area contributed by atoms with E-state index < -0.39 is 0 Å². The molecule has 0 bridgehead atoms.